The minimum atomic E-state index is -0.0722. The summed E-state index contributed by atoms with van der Waals surface area (Å²) in [4.78, 5) is 20.5. The van der Waals surface area contributed by atoms with Gasteiger partial charge < -0.3 is 20.2 Å². The van der Waals surface area contributed by atoms with Gasteiger partial charge in [-0.15, -0.1) is 0 Å². The molecule has 1 aliphatic rings. The van der Waals surface area contributed by atoms with Crippen molar-refractivity contribution in [2.45, 2.75) is 13.5 Å². The molecule has 2 heterocycles. The van der Waals surface area contributed by atoms with Gasteiger partial charge in [0.25, 0.3) is 0 Å². The Morgan fingerprint density at radius 3 is 2.62 bits per heavy atom. The zero-order valence-electron chi connectivity index (χ0n) is 13.8. The van der Waals surface area contributed by atoms with Crippen molar-refractivity contribution >= 4 is 11.7 Å². The van der Waals surface area contributed by atoms with Gasteiger partial charge in [-0.05, 0) is 30.7 Å². The van der Waals surface area contributed by atoms with E-state index >= 15 is 0 Å². The van der Waals surface area contributed by atoms with E-state index in [0.29, 0.717) is 32.7 Å². The molecular weight excluding hydrogens is 304 g/mol. The Morgan fingerprint density at radius 1 is 1.17 bits per heavy atom. The third-order valence-electron chi connectivity index (χ3n) is 4.31. The Balaban J connectivity index is 1.52. The standard InChI is InChI=1S/C18H22N4O2/c1-14-5-4-8-19-15(14)13-20-18(24)22-11-9-21(10-12-22)16-6-2-3-7-17(16)23/h2-8,23H,9-13H2,1H3,(H,20,24). The number of piperazine rings is 1. The topological polar surface area (TPSA) is 68.7 Å². The molecule has 0 saturated carbocycles. The number of amides is 2. The summed E-state index contributed by atoms with van der Waals surface area (Å²) in [6, 6.07) is 11.1. The van der Waals surface area contributed by atoms with Crippen molar-refractivity contribution in [3.05, 3.63) is 53.9 Å². The lowest BCUT2D eigenvalue weighted by atomic mass is 10.2. The van der Waals surface area contributed by atoms with E-state index in [1.807, 2.05) is 37.3 Å². The van der Waals surface area contributed by atoms with E-state index in [1.165, 1.54) is 0 Å². The van der Waals surface area contributed by atoms with Crippen molar-refractivity contribution in [2.75, 3.05) is 31.1 Å². The van der Waals surface area contributed by atoms with Gasteiger partial charge in [0.15, 0.2) is 0 Å². The number of nitrogens with zero attached hydrogens (tertiary/aromatic N) is 3. The number of rotatable bonds is 3. The Labute approximate surface area is 141 Å². The number of urea groups is 1. The van der Waals surface area contributed by atoms with Crippen LogP contribution in [0.1, 0.15) is 11.3 Å². The molecule has 1 aliphatic heterocycles. The quantitative estimate of drug-likeness (QED) is 0.907. The second-order valence-electron chi connectivity index (χ2n) is 5.89. The number of benzene rings is 1. The fourth-order valence-electron chi connectivity index (χ4n) is 2.86. The molecule has 2 amide bonds. The Morgan fingerprint density at radius 2 is 1.92 bits per heavy atom. The summed E-state index contributed by atoms with van der Waals surface area (Å²) >= 11 is 0. The fraction of sp³-hybridized carbons (Fsp3) is 0.333. The predicted octanol–water partition coefficient (Wildman–Crippen LogP) is 2.13. The molecule has 0 atom stereocenters. The predicted molar refractivity (Wildman–Crippen MR) is 93.1 cm³/mol. The lowest BCUT2D eigenvalue weighted by Gasteiger charge is -2.36. The van der Waals surface area contributed by atoms with Crippen LogP contribution in [-0.4, -0.2) is 47.2 Å². The zero-order valence-corrected chi connectivity index (χ0v) is 13.8. The van der Waals surface area contributed by atoms with Crippen LogP contribution in [0.4, 0.5) is 10.5 Å². The van der Waals surface area contributed by atoms with Gasteiger partial charge in [0.1, 0.15) is 5.75 Å². The fourth-order valence-corrected chi connectivity index (χ4v) is 2.86. The zero-order chi connectivity index (χ0) is 16.9. The van der Waals surface area contributed by atoms with Gasteiger partial charge in [-0.3, -0.25) is 4.98 Å². The van der Waals surface area contributed by atoms with Crippen LogP contribution < -0.4 is 10.2 Å². The molecule has 6 nitrogen and oxygen atoms in total. The summed E-state index contributed by atoms with van der Waals surface area (Å²) in [6.45, 7) is 5.08. The van der Waals surface area contributed by atoms with Crippen LogP contribution in [-0.2, 0) is 6.54 Å². The second-order valence-corrected chi connectivity index (χ2v) is 5.89. The minimum Gasteiger partial charge on any atom is -0.506 e. The van der Waals surface area contributed by atoms with E-state index < -0.39 is 0 Å². The normalized spacial score (nSPS) is 14.5. The Hall–Kier alpha value is -2.76. The maximum absolute atomic E-state index is 12.3. The molecule has 1 fully saturated rings. The van der Waals surface area contributed by atoms with Crippen LogP contribution >= 0.6 is 0 Å². The first-order valence-electron chi connectivity index (χ1n) is 8.11. The maximum atomic E-state index is 12.3. The largest absolute Gasteiger partial charge is 0.506 e. The summed E-state index contributed by atoms with van der Waals surface area (Å²) in [5.74, 6) is 0.279. The molecule has 1 aromatic heterocycles. The number of pyridine rings is 1. The molecule has 24 heavy (non-hydrogen) atoms. The van der Waals surface area contributed by atoms with Gasteiger partial charge in [0.05, 0.1) is 17.9 Å². The van der Waals surface area contributed by atoms with Gasteiger partial charge in [0.2, 0.25) is 0 Å². The molecule has 0 aliphatic carbocycles. The molecule has 6 heteroatoms. The van der Waals surface area contributed by atoms with Crippen LogP contribution in [0.3, 0.4) is 0 Å². The van der Waals surface area contributed by atoms with E-state index in [1.54, 1.807) is 17.2 Å². The van der Waals surface area contributed by atoms with Crippen LogP contribution in [0.2, 0.25) is 0 Å². The van der Waals surface area contributed by atoms with Crippen molar-refractivity contribution in [3.63, 3.8) is 0 Å². The van der Waals surface area contributed by atoms with E-state index in [0.717, 1.165) is 16.9 Å². The van der Waals surface area contributed by atoms with E-state index in [-0.39, 0.29) is 11.8 Å². The van der Waals surface area contributed by atoms with Crippen LogP contribution in [0.25, 0.3) is 0 Å². The van der Waals surface area contributed by atoms with Crippen LogP contribution in [0, 0.1) is 6.92 Å². The van der Waals surface area contributed by atoms with E-state index in [2.05, 4.69) is 15.2 Å². The number of carbonyl (C=O) groups excluding carboxylic acids is 1. The molecule has 1 aromatic carbocycles. The number of aryl methyl sites for hydroxylation is 1. The SMILES string of the molecule is Cc1cccnc1CNC(=O)N1CCN(c2ccccc2O)CC1. The van der Waals surface area contributed by atoms with Gasteiger partial charge >= 0.3 is 6.03 Å². The Bertz CT molecular complexity index is 712. The molecule has 2 N–H and O–H groups in total. The average molecular weight is 326 g/mol. The number of para-hydroxylation sites is 2. The summed E-state index contributed by atoms with van der Waals surface area (Å²) in [5.41, 5.74) is 2.78. The van der Waals surface area contributed by atoms with Crippen molar-refractivity contribution < 1.29 is 9.90 Å². The first kappa shape index (κ1) is 16.1. The van der Waals surface area contributed by atoms with Gasteiger partial charge in [-0.25, -0.2) is 4.79 Å². The number of carbonyl (C=O) groups is 1. The Kier molecular flexibility index (Phi) is 4.84. The highest BCUT2D eigenvalue weighted by Gasteiger charge is 2.22. The summed E-state index contributed by atoms with van der Waals surface area (Å²) < 4.78 is 0. The summed E-state index contributed by atoms with van der Waals surface area (Å²) in [7, 11) is 0. The number of hydrogen-bond donors (Lipinski definition) is 2. The smallest absolute Gasteiger partial charge is 0.317 e. The number of nitrogens with one attached hydrogen (secondary N) is 1. The highest BCUT2D eigenvalue weighted by Crippen LogP contribution is 2.27. The molecule has 1 saturated heterocycles. The summed E-state index contributed by atoms with van der Waals surface area (Å²) in [5, 5.41) is 12.9. The lowest BCUT2D eigenvalue weighted by molar-refractivity contribution is 0.193. The van der Waals surface area contributed by atoms with Gasteiger partial charge in [0, 0.05) is 32.4 Å². The van der Waals surface area contributed by atoms with Crippen molar-refractivity contribution in [3.8, 4) is 5.75 Å². The molecular formula is C18H22N4O2. The number of phenolic OH excluding ortho intramolecular Hbond substituents is 1. The third kappa shape index (κ3) is 3.59. The van der Waals surface area contributed by atoms with Crippen molar-refractivity contribution in [1.82, 2.24) is 15.2 Å². The number of anilines is 1. The minimum absolute atomic E-state index is 0.0722. The van der Waals surface area contributed by atoms with E-state index in [9.17, 15) is 9.90 Å². The highest BCUT2D eigenvalue weighted by atomic mass is 16.3. The molecule has 0 unspecified atom stereocenters. The van der Waals surface area contributed by atoms with Crippen LogP contribution in [0.15, 0.2) is 42.6 Å². The molecule has 126 valence electrons. The highest BCUT2D eigenvalue weighted by molar-refractivity contribution is 5.74. The number of hydrogen-bond acceptors (Lipinski definition) is 4. The number of aromatic nitrogens is 1. The number of phenols is 1. The summed E-state index contributed by atoms with van der Waals surface area (Å²) in [6.07, 6.45) is 1.74. The molecule has 0 bridgehead atoms. The third-order valence-corrected chi connectivity index (χ3v) is 4.31. The van der Waals surface area contributed by atoms with Gasteiger partial charge in [-0.2, -0.15) is 0 Å². The van der Waals surface area contributed by atoms with Crippen molar-refractivity contribution in [2.24, 2.45) is 0 Å². The maximum Gasteiger partial charge on any atom is 0.317 e. The molecule has 0 radical (unpaired) electrons. The van der Waals surface area contributed by atoms with E-state index in [4.69, 9.17) is 0 Å². The lowest BCUT2D eigenvalue weighted by Crippen LogP contribution is -2.51. The molecule has 3 rings (SSSR count). The first-order chi connectivity index (χ1) is 11.6. The first-order valence-corrected chi connectivity index (χ1v) is 8.11. The van der Waals surface area contributed by atoms with Gasteiger partial charge in [-0.1, -0.05) is 18.2 Å². The van der Waals surface area contributed by atoms with Crippen LogP contribution in [0.5, 0.6) is 5.75 Å². The molecule has 2 aromatic rings. The second kappa shape index (κ2) is 7.21. The monoisotopic (exact) mass is 326 g/mol. The van der Waals surface area contributed by atoms with Crippen molar-refractivity contribution in [1.29, 1.82) is 0 Å². The number of aromatic hydroxyl groups is 1. The molecule has 0 spiro atoms. The average Bonchev–Trinajstić information content (AvgIpc) is 2.61.